The standard InChI is InChI=1S/C28H27N5O2S/c1-16-7-6-8-22(11-16)35-15-25-31-33-26(29)23(27(34)30-28(33)36-25)14-21-13-19(4)32(20(21)5)24-12-17(2)9-10-18(24)3/h6-14,29H,15H2,1-5H3/b23-14+,29-26?. The average Bonchev–Trinajstić information content (AvgIpc) is 3.37. The minimum absolute atomic E-state index is 0.0135. The molecule has 1 amide bonds. The average molecular weight is 498 g/mol. The van der Waals surface area contributed by atoms with E-state index >= 15 is 0 Å². The topological polar surface area (TPSA) is 83.0 Å². The van der Waals surface area contributed by atoms with Gasteiger partial charge in [-0.2, -0.15) is 15.1 Å². The maximum Gasteiger partial charge on any atom is 0.283 e. The van der Waals surface area contributed by atoms with Gasteiger partial charge in [-0.3, -0.25) is 10.2 Å². The molecule has 8 heteroatoms. The van der Waals surface area contributed by atoms with Gasteiger partial charge >= 0.3 is 0 Å². The quantitative estimate of drug-likeness (QED) is 0.457. The number of aryl methyl sites for hydroxylation is 4. The maximum absolute atomic E-state index is 12.9. The first kappa shape index (κ1) is 23.8. The number of fused-ring (bicyclic) bond motifs is 1. The molecule has 0 radical (unpaired) electrons. The monoisotopic (exact) mass is 497 g/mol. The number of rotatable bonds is 5. The summed E-state index contributed by atoms with van der Waals surface area (Å²) in [6.07, 6.45) is 1.75. The fourth-order valence-electron chi connectivity index (χ4n) is 4.36. The summed E-state index contributed by atoms with van der Waals surface area (Å²) in [5.41, 5.74) is 7.70. The van der Waals surface area contributed by atoms with Crippen LogP contribution in [-0.4, -0.2) is 38.1 Å². The second kappa shape index (κ2) is 9.28. The van der Waals surface area contributed by atoms with Crippen molar-refractivity contribution in [1.82, 2.24) is 9.58 Å². The number of hydrogen-bond donors (Lipinski definition) is 1. The second-order valence-electron chi connectivity index (χ2n) is 9.07. The predicted octanol–water partition coefficient (Wildman–Crippen LogP) is 5.72. The van der Waals surface area contributed by atoms with Gasteiger partial charge in [0.2, 0.25) is 5.17 Å². The van der Waals surface area contributed by atoms with Crippen molar-refractivity contribution in [2.24, 2.45) is 10.1 Å². The molecule has 7 nitrogen and oxygen atoms in total. The highest BCUT2D eigenvalue weighted by Crippen LogP contribution is 2.31. The fourth-order valence-corrected chi connectivity index (χ4v) is 5.16. The van der Waals surface area contributed by atoms with Gasteiger partial charge in [-0.25, -0.2) is 0 Å². The molecule has 0 atom stereocenters. The summed E-state index contributed by atoms with van der Waals surface area (Å²) < 4.78 is 8.03. The molecular formula is C28H27N5O2S. The number of hydrazone groups is 1. The lowest BCUT2D eigenvalue weighted by Crippen LogP contribution is -2.35. The van der Waals surface area contributed by atoms with E-state index in [1.807, 2.05) is 51.1 Å². The van der Waals surface area contributed by atoms with Crippen molar-refractivity contribution in [1.29, 1.82) is 5.41 Å². The fraction of sp³-hybridized carbons (Fsp3) is 0.214. The van der Waals surface area contributed by atoms with E-state index in [1.165, 1.54) is 27.9 Å². The van der Waals surface area contributed by atoms with Crippen LogP contribution in [0.1, 0.15) is 33.6 Å². The van der Waals surface area contributed by atoms with Crippen LogP contribution in [0, 0.1) is 40.0 Å². The van der Waals surface area contributed by atoms with E-state index in [-0.39, 0.29) is 18.0 Å². The molecule has 3 heterocycles. The number of benzene rings is 2. The van der Waals surface area contributed by atoms with Crippen molar-refractivity contribution in [3.05, 3.63) is 87.7 Å². The smallest absolute Gasteiger partial charge is 0.283 e. The first-order valence-electron chi connectivity index (χ1n) is 11.7. The molecule has 1 N–H and O–H groups in total. The number of aromatic nitrogens is 1. The first-order valence-corrected chi connectivity index (χ1v) is 12.5. The van der Waals surface area contributed by atoms with Gasteiger partial charge in [-0.1, -0.05) is 24.3 Å². The van der Waals surface area contributed by atoms with Gasteiger partial charge in [0.15, 0.2) is 5.84 Å². The molecule has 0 unspecified atom stereocenters. The lowest BCUT2D eigenvalue weighted by molar-refractivity contribution is -0.114. The Hall–Kier alpha value is -3.91. The van der Waals surface area contributed by atoms with E-state index in [1.54, 1.807) is 6.08 Å². The van der Waals surface area contributed by atoms with Crippen LogP contribution in [0.5, 0.6) is 5.75 Å². The lowest BCUT2D eigenvalue weighted by atomic mass is 10.1. The highest BCUT2D eigenvalue weighted by atomic mass is 32.2. The van der Waals surface area contributed by atoms with Gasteiger partial charge in [-0.15, -0.1) is 0 Å². The molecule has 1 aromatic heterocycles. The predicted molar refractivity (Wildman–Crippen MR) is 146 cm³/mol. The van der Waals surface area contributed by atoms with Crippen LogP contribution >= 0.6 is 11.8 Å². The number of aliphatic imine (C=N–C) groups is 1. The summed E-state index contributed by atoms with van der Waals surface area (Å²) in [6.45, 7) is 10.5. The van der Waals surface area contributed by atoms with Crippen molar-refractivity contribution in [2.75, 3.05) is 6.61 Å². The minimum Gasteiger partial charge on any atom is -0.487 e. The zero-order valence-corrected chi connectivity index (χ0v) is 21.7. The highest BCUT2D eigenvalue weighted by Gasteiger charge is 2.36. The van der Waals surface area contributed by atoms with Crippen molar-refractivity contribution < 1.29 is 9.53 Å². The van der Waals surface area contributed by atoms with Crippen molar-refractivity contribution in [2.45, 2.75) is 34.6 Å². The Balaban J connectivity index is 1.42. The summed E-state index contributed by atoms with van der Waals surface area (Å²) in [5, 5.41) is 15.7. The number of hydrogen-bond acceptors (Lipinski definition) is 5. The summed E-state index contributed by atoms with van der Waals surface area (Å²) >= 11 is 1.25. The zero-order valence-electron chi connectivity index (χ0n) is 20.9. The number of amidine groups is 2. The molecule has 2 aliphatic rings. The summed E-state index contributed by atoms with van der Waals surface area (Å²) in [5.74, 6) is 0.321. The number of nitrogens with zero attached hydrogens (tertiary/aromatic N) is 4. The van der Waals surface area contributed by atoms with Crippen LogP contribution < -0.4 is 4.74 Å². The van der Waals surface area contributed by atoms with Crippen LogP contribution in [0.4, 0.5) is 0 Å². The van der Waals surface area contributed by atoms with Gasteiger partial charge < -0.3 is 9.30 Å². The number of ether oxygens (including phenoxy) is 1. The van der Waals surface area contributed by atoms with Crippen LogP contribution in [0.25, 0.3) is 11.8 Å². The molecule has 2 aliphatic heterocycles. The van der Waals surface area contributed by atoms with Crippen LogP contribution in [0.2, 0.25) is 0 Å². The second-order valence-corrected chi connectivity index (χ2v) is 10.1. The van der Waals surface area contributed by atoms with E-state index in [9.17, 15) is 4.79 Å². The van der Waals surface area contributed by atoms with E-state index < -0.39 is 5.91 Å². The largest absolute Gasteiger partial charge is 0.487 e. The molecule has 2 aromatic carbocycles. The third-order valence-electron chi connectivity index (χ3n) is 6.22. The summed E-state index contributed by atoms with van der Waals surface area (Å²) in [7, 11) is 0. The SMILES string of the molecule is Cc1cccc(OCC2=NN3C(=N)/C(=C\c4cc(C)n(-c5cc(C)ccc5C)c4C)C(=O)N=C3S2)c1. The van der Waals surface area contributed by atoms with Crippen LogP contribution in [0.3, 0.4) is 0 Å². The third kappa shape index (κ3) is 4.40. The minimum atomic E-state index is -0.439. The Morgan fingerprint density at radius 1 is 1.03 bits per heavy atom. The first-order chi connectivity index (χ1) is 17.2. The Bertz CT molecular complexity index is 1510. The van der Waals surface area contributed by atoms with Gasteiger partial charge in [0, 0.05) is 17.1 Å². The van der Waals surface area contributed by atoms with E-state index in [0.717, 1.165) is 34.0 Å². The van der Waals surface area contributed by atoms with Crippen LogP contribution in [0.15, 0.2) is 64.2 Å². The van der Waals surface area contributed by atoms with Gasteiger partial charge in [0.05, 0.1) is 5.57 Å². The van der Waals surface area contributed by atoms with E-state index in [0.29, 0.717) is 10.2 Å². The van der Waals surface area contributed by atoms with E-state index in [4.69, 9.17) is 10.1 Å². The van der Waals surface area contributed by atoms with E-state index in [2.05, 4.69) is 46.7 Å². The summed E-state index contributed by atoms with van der Waals surface area (Å²) in [6, 6.07) is 16.2. The lowest BCUT2D eigenvalue weighted by Gasteiger charge is -2.20. The Kier molecular flexibility index (Phi) is 6.14. The van der Waals surface area contributed by atoms with Crippen LogP contribution in [-0.2, 0) is 4.79 Å². The van der Waals surface area contributed by atoms with Gasteiger partial charge in [0.25, 0.3) is 5.91 Å². The summed E-state index contributed by atoms with van der Waals surface area (Å²) in [4.78, 5) is 17.1. The number of thioether (sulfide) groups is 1. The van der Waals surface area contributed by atoms with Crippen molar-refractivity contribution in [3.8, 4) is 11.4 Å². The number of carbonyl (C=O) groups excluding carboxylic acids is 1. The number of nitrogens with one attached hydrogen (secondary N) is 1. The molecule has 0 saturated heterocycles. The molecular weight excluding hydrogens is 470 g/mol. The highest BCUT2D eigenvalue weighted by molar-refractivity contribution is 8.27. The molecule has 0 fully saturated rings. The molecule has 3 aromatic rings. The normalized spacial score (nSPS) is 16.4. The van der Waals surface area contributed by atoms with Crippen molar-refractivity contribution >= 4 is 39.8 Å². The Morgan fingerprint density at radius 3 is 2.58 bits per heavy atom. The Labute approximate surface area is 214 Å². The molecule has 0 aliphatic carbocycles. The van der Waals surface area contributed by atoms with Gasteiger partial charge in [-0.05, 0) is 99.0 Å². The molecule has 0 spiro atoms. The maximum atomic E-state index is 12.9. The molecule has 5 rings (SSSR count). The number of carbonyl (C=O) groups is 1. The zero-order chi connectivity index (χ0) is 25.6. The molecule has 36 heavy (non-hydrogen) atoms. The van der Waals surface area contributed by atoms with Crippen molar-refractivity contribution in [3.63, 3.8) is 0 Å². The molecule has 182 valence electrons. The third-order valence-corrected chi connectivity index (χ3v) is 7.11. The Morgan fingerprint density at radius 2 is 1.81 bits per heavy atom. The van der Waals surface area contributed by atoms with Gasteiger partial charge in [0.1, 0.15) is 17.4 Å². The number of amides is 1. The molecule has 0 saturated carbocycles. The molecule has 0 bridgehead atoms.